The first kappa shape index (κ1) is 41.0. The molecule has 0 aliphatic heterocycles. The van der Waals surface area contributed by atoms with Crippen molar-refractivity contribution in [1.82, 2.24) is 0 Å². The van der Waals surface area contributed by atoms with Gasteiger partial charge in [-0.2, -0.15) is 0 Å². The van der Waals surface area contributed by atoms with E-state index in [1.54, 1.807) is 0 Å². The predicted molar refractivity (Wildman–Crippen MR) is 162 cm³/mol. The third-order valence-corrected chi connectivity index (χ3v) is 5.60. The number of nitro groups is 2. The Kier molecular flexibility index (Phi) is 26.1. The molecule has 0 spiro atoms. The molecule has 0 amide bonds. The second-order valence-electron chi connectivity index (χ2n) is 8.98. The molecule has 18 nitrogen and oxygen atoms in total. The first-order valence-corrected chi connectivity index (χ1v) is 14.9. The fourth-order valence-electron chi connectivity index (χ4n) is 3.31. The maximum absolute atomic E-state index is 11.1. The van der Waals surface area contributed by atoms with Crippen molar-refractivity contribution in [2.75, 3.05) is 138 Å². The van der Waals surface area contributed by atoms with E-state index in [1.165, 1.54) is 19.2 Å². The van der Waals surface area contributed by atoms with Crippen LogP contribution in [0, 0.1) is 20.2 Å². The highest BCUT2D eigenvalue weighted by atomic mass is 16.6. The number of carbonyl (C=O) groups is 1. The van der Waals surface area contributed by atoms with Gasteiger partial charge in [-0.3, -0.25) is 25.0 Å². The quantitative estimate of drug-likeness (QED) is 0.0490. The molecule has 0 fully saturated rings. The van der Waals surface area contributed by atoms with Crippen LogP contribution >= 0.6 is 0 Å². The average molecular weight is 666 g/mol. The van der Waals surface area contributed by atoms with E-state index < -0.39 is 9.85 Å². The molecule has 0 aliphatic carbocycles. The van der Waals surface area contributed by atoms with E-state index >= 15 is 0 Å². The lowest BCUT2D eigenvalue weighted by Crippen LogP contribution is -2.16. The van der Waals surface area contributed by atoms with Gasteiger partial charge in [0.25, 0.3) is 11.4 Å². The number of ether oxygens (including phenoxy) is 10. The van der Waals surface area contributed by atoms with Crippen molar-refractivity contribution in [2.24, 2.45) is 0 Å². The first-order chi connectivity index (χ1) is 22.5. The molecule has 18 heteroatoms. The van der Waals surface area contributed by atoms with Gasteiger partial charge in [-0.15, -0.1) is 0 Å². The van der Waals surface area contributed by atoms with Crippen molar-refractivity contribution < 1.29 is 62.0 Å². The van der Waals surface area contributed by atoms with E-state index in [9.17, 15) is 25.0 Å². The number of esters is 1. The summed E-state index contributed by atoms with van der Waals surface area (Å²) in [6.45, 7) is 7.73. The third-order valence-electron chi connectivity index (χ3n) is 5.60. The van der Waals surface area contributed by atoms with Gasteiger partial charge in [-0.05, 0) is 6.07 Å². The fraction of sp³-hybridized carbons (Fsp3) is 0.750. The maximum Gasteiger partial charge on any atom is 0.307 e. The van der Waals surface area contributed by atoms with E-state index in [4.69, 9.17) is 42.6 Å². The fourth-order valence-corrected chi connectivity index (χ4v) is 3.31. The largest absolute Gasteiger partial charge is 0.469 e. The highest BCUT2D eigenvalue weighted by Crippen LogP contribution is 2.28. The number of hydrogen-bond donors (Lipinski definition) is 1. The summed E-state index contributed by atoms with van der Waals surface area (Å²) in [7, 11) is 1.34. The Hall–Kier alpha value is -3.07. The Labute approximate surface area is 268 Å². The minimum Gasteiger partial charge on any atom is -0.469 e. The molecule has 0 heterocycles. The summed E-state index contributed by atoms with van der Waals surface area (Å²) in [6, 6.07) is 3.42. The van der Waals surface area contributed by atoms with Crippen LogP contribution in [0.15, 0.2) is 18.2 Å². The van der Waals surface area contributed by atoms with Crippen LogP contribution in [-0.2, 0) is 52.2 Å². The van der Waals surface area contributed by atoms with E-state index in [0.29, 0.717) is 112 Å². The van der Waals surface area contributed by atoms with Gasteiger partial charge in [0.2, 0.25) is 0 Å². The SMILES string of the molecule is COC(=O)CCOCCOCCOCCOCCOCCOCCOCCOCCOCCNc1ccc([N+](=O)[O-])cc1[N+](=O)[O-]. The number of benzene rings is 1. The van der Waals surface area contributed by atoms with Crippen molar-refractivity contribution in [3.63, 3.8) is 0 Å². The Bertz CT molecular complexity index is 941. The second kappa shape index (κ2) is 29.3. The minimum absolute atomic E-state index is 0.182. The molecule has 1 aromatic rings. The molecular weight excluding hydrogens is 618 g/mol. The normalized spacial score (nSPS) is 11.1. The molecule has 0 unspecified atom stereocenters. The van der Waals surface area contributed by atoms with Crippen LogP contribution in [0.2, 0.25) is 0 Å². The molecule has 0 aliphatic rings. The van der Waals surface area contributed by atoms with Crippen LogP contribution in [0.5, 0.6) is 0 Å². The van der Waals surface area contributed by atoms with Crippen molar-refractivity contribution in [3.8, 4) is 0 Å². The van der Waals surface area contributed by atoms with Crippen LogP contribution in [0.4, 0.5) is 17.1 Å². The van der Waals surface area contributed by atoms with Crippen LogP contribution in [0.3, 0.4) is 0 Å². The van der Waals surface area contributed by atoms with Gasteiger partial charge < -0.3 is 52.7 Å². The molecule has 264 valence electrons. The number of methoxy groups -OCH3 is 1. The Morgan fingerprint density at radius 1 is 0.587 bits per heavy atom. The smallest absolute Gasteiger partial charge is 0.307 e. The zero-order valence-corrected chi connectivity index (χ0v) is 26.4. The topological polar surface area (TPSA) is 208 Å². The van der Waals surface area contributed by atoms with Crippen molar-refractivity contribution in [1.29, 1.82) is 0 Å². The van der Waals surface area contributed by atoms with Gasteiger partial charge in [0.1, 0.15) is 5.69 Å². The molecule has 1 aromatic carbocycles. The molecule has 1 N–H and O–H groups in total. The average Bonchev–Trinajstić information content (AvgIpc) is 3.05. The highest BCUT2D eigenvalue weighted by Gasteiger charge is 2.19. The van der Waals surface area contributed by atoms with Crippen molar-refractivity contribution >= 4 is 23.0 Å². The molecule has 0 saturated heterocycles. The molecular formula is C28H47N3O15. The van der Waals surface area contributed by atoms with E-state index in [0.717, 1.165) is 6.07 Å². The lowest BCUT2D eigenvalue weighted by atomic mass is 10.2. The van der Waals surface area contributed by atoms with Crippen LogP contribution < -0.4 is 5.32 Å². The number of carbonyl (C=O) groups excluding carboxylic acids is 1. The number of non-ortho nitro benzene ring substituents is 1. The Morgan fingerprint density at radius 3 is 1.30 bits per heavy atom. The van der Waals surface area contributed by atoms with Gasteiger partial charge in [-0.25, -0.2) is 0 Å². The Morgan fingerprint density at radius 2 is 0.957 bits per heavy atom. The van der Waals surface area contributed by atoms with Gasteiger partial charge in [-0.1, -0.05) is 0 Å². The zero-order chi connectivity index (χ0) is 33.5. The zero-order valence-electron chi connectivity index (χ0n) is 26.4. The monoisotopic (exact) mass is 665 g/mol. The molecule has 0 saturated carbocycles. The van der Waals surface area contributed by atoms with Gasteiger partial charge in [0.05, 0.1) is 148 Å². The number of rotatable bonds is 33. The Balaban J connectivity index is 1.75. The number of hydrogen-bond acceptors (Lipinski definition) is 16. The third kappa shape index (κ3) is 23.3. The van der Waals surface area contributed by atoms with Crippen LogP contribution in [0.1, 0.15) is 6.42 Å². The number of nitro benzene ring substituents is 2. The van der Waals surface area contributed by atoms with Gasteiger partial charge in [0.15, 0.2) is 0 Å². The summed E-state index contributed by atoms with van der Waals surface area (Å²) in [5, 5.41) is 24.8. The number of anilines is 1. The van der Waals surface area contributed by atoms with Crippen molar-refractivity contribution in [2.45, 2.75) is 6.42 Å². The molecule has 0 radical (unpaired) electrons. The molecule has 46 heavy (non-hydrogen) atoms. The van der Waals surface area contributed by atoms with E-state index in [-0.39, 0.29) is 42.6 Å². The van der Waals surface area contributed by atoms with Gasteiger partial charge in [0, 0.05) is 12.6 Å². The van der Waals surface area contributed by atoms with E-state index in [2.05, 4.69) is 10.1 Å². The number of nitrogens with zero attached hydrogens (tertiary/aromatic N) is 2. The summed E-state index contributed by atoms with van der Waals surface area (Å²) in [6.07, 6.45) is 0.230. The molecule has 0 atom stereocenters. The maximum atomic E-state index is 11.1. The first-order valence-electron chi connectivity index (χ1n) is 14.9. The molecule has 1 rings (SSSR count). The summed E-state index contributed by atoms with van der Waals surface area (Å²) in [4.78, 5) is 31.5. The van der Waals surface area contributed by atoms with E-state index in [1.807, 2.05) is 0 Å². The lowest BCUT2D eigenvalue weighted by molar-refractivity contribution is -0.393. The lowest BCUT2D eigenvalue weighted by Gasteiger charge is -2.09. The summed E-state index contributed by atoms with van der Waals surface area (Å²) in [5.41, 5.74) is -0.535. The number of nitrogens with one attached hydrogen (secondary N) is 1. The van der Waals surface area contributed by atoms with Crippen LogP contribution in [0.25, 0.3) is 0 Å². The minimum atomic E-state index is -0.684. The standard InChI is InChI=1S/C28H47N3O15/c1-37-28(32)4-6-38-8-10-40-12-14-42-16-18-44-20-22-46-23-21-45-19-17-43-15-13-41-11-9-39-7-5-29-26-3-2-25(30(33)34)24-27(26)31(35)36/h2-3,24,29H,4-23H2,1H3. The van der Waals surface area contributed by atoms with Crippen molar-refractivity contribution in [3.05, 3.63) is 38.4 Å². The predicted octanol–water partition coefficient (Wildman–Crippen LogP) is 1.63. The highest BCUT2D eigenvalue weighted by molar-refractivity contribution is 5.69. The summed E-state index contributed by atoms with van der Waals surface area (Å²) >= 11 is 0. The second-order valence-corrected chi connectivity index (χ2v) is 8.98. The molecule has 0 bridgehead atoms. The molecule has 0 aromatic heterocycles. The van der Waals surface area contributed by atoms with Gasteiger partial charge >= 0.3 is 5.97 Å². The summed E-state index contributed by atoms with van der Waals surface area (Å²) < 4.78 is 53.1. The van der Waals surface area contributed by atoms with Crippen LogP contribution in [-0.4, -0.2) is 148 Å². The summed E-state index contributed by atoms with van der Waals surface area (Å²) in [5.74, 6) is -0.300.